The van der Waals surface area contributed by atoms with Crippen molar-refractivity contribution >= 4 is 38.7 Å². The van der Waals surface area contributed by atoms with Gasteiger partial charge in [-0.15, -0.1) is 10.2 Å². The lowest BCUT2D eigenvalue weighted by Gasteiger charge is -2.22. The zero-order valence-corrected chi connectivity index (χ0v) is 19.7. The molecule has 1 amide bonds. The summed E-state index contributed by atoms with van der Waals surface area (Å²) in [5, 5.41) is 11.4. The molecular formula is C22H20N4O6S2. The van der Waals surface area contributed by atoms with Crippen LogP contribution in [0.15, 0.2) is 47.4 Å². The van der Waals surface area contributed by atoms with Crippen molar-refractivity contribution in [2.75, 3.05) is 18.7 Å². The second-order valence-corrected chi connectivity index (χ2v) is 10.7. The van der Waals surface area contributed by atoms with Crippen molar-refractivity contribution in [1.29, 1.82) is 0 Å². The third kappa shape index (κ3) is 4.15. The van der Waals surface area contributed by atoms with E-state index in [9.17, 15) is 18.0 Å². The van der Waals surface area contributed by atoms with Crippen molar-refractivity contribution in [2.45, 2.75) is 30.7 Å². The summed E-state index contributed by atoms with van der Waals surface area (Å²) in [6, 6.07) is 10.4. The van der Waals surface area contributed by atoms with E-state index in [1.54, 1.807) is 18.2 Å². The Bertz CT molecular complexity index is 1370. The molecule has 2 aliphatic heterocycles. The fourth-order valence-corrected chi connectivity index (χ4v) is 6.51. The van der Waals surface area contributed by atoms with Gasteiger partial charge in [0, 0.05) is 23.9 Å². The van der Waals surface area contributed by atoms with Crippen molar-refractivity contribution in [1.82, 2.24) is 14.5 Å². The van der Waals surface area contributed by atoms with Crippen LogP contribution in [0.25, 0.3) is 0 Å². The van der Waals surface area contributed by atoms with Crippen molar-refractivity contribution in [3.05, 3.63) is 58.0 Å². The number of amides is 1. The largest absolute Gasteiger partial charge is 0.454 e. The number of carbonyl (C=O) groups is 2. The van der Waals surface area contributed by atoms with Gasteiger partial charge in [0.2, 0.25) is 21.8 Å². The summed E-state index contributed by atoms with van der Waals surface area (Å²) >= 11 is 1.06. The number of carbonyl (C=O) groups excluding carboxylic acids is 2. The van der Waals surface area contributed by atoms with Gasteiger partial charge in [-0.25, -0.2) is 8.42 Å². The minimum Gasteiger partial charge on any atom is -0.454 e. The first kappa shape index (κ1) is 22.4. The number of hydrogen-bond acceptors (Lipinski definition) is 9. The summed E-state index contributed by atoms with van der Waals surface area (Å²) in [6.45, 7) is 1.89. The van der Waals surface area contributed by atoms with Crippen LogP contribution in [-0.2, 0) is 10.0 Å². The quantitative estimate of drug-likeness (QED) is 0.511. The van der Waals surface area contributed by atoms with E-state index in [0.717, 1.165) is 11.3 Å². The second kappa shape index (κ2) is 8.78. The molecule has 2 aliphatic rings. The van der Waals surface area contributed by atoms with Gasteiger partial charge in [-0.2, -0.15) is 4.31 Å². The molecule has 1 fully saturated rings. The molecule has 12 heteroatoms. The maximum Gasteiger partial charge on any atom is 0.286 e. The number of aromatic nitrogens is 2. The average molecular weight is 501 g/mol. The first-order valence-corrected chi connectivity index (χ1v) is 12.8. The van der Waals surface area contributed by atoms with E-state index in [1.807, 2.05) is 0 Å². The Morgan fingerprint density at radius 2 is 1.85 bits per heavy atom. The normalized spacial score (nSPS) is 17.6. The molecule has 5 rings (SSSR count). The van der Waals surface area contributed by atoms with Crippen LogP contribution in [0.5, 0.6) is 11.5 Å². The van der Waals surface area contributed by atoms with Gasteiger partial charge in [-0.3, -0.25) is 9.59 Å². The molecule has 0 bridgehead atoms. The fourth-order valence-electron chi connectivity index (χ4n) is 3.89. The smallest absolute Gasteiger partial charge is 0.286 e. The summed E-state index contributed by atoms with van der Waals surface area (Å²) in [5.41, 5.74) is 0.962. The van der Waals surface area contributed by atoms with Crippen LogP contribution < -0.4 is 14.8 Å². The van der Waals surface area contributed by atoms with E-state index >= 15 is 0 Å². The molecule has 1 saturated heterocycles. The Hall–Kier alpha value is -3.35. The molecule has 1 aromatic heterocycles. The summed E-state index contributed by atoms with van der Waals surface area (Å²) in [4.78, 5) is 24.3. The number of anilines is 1. The second-order valence-electron chi connectivity index (χ2n) is 7.82. The van der Waals surface area contributed by atoms with E-state index in [1.165, 1.54) is 35.5 Å². The average Bonchev–Trinajstić information content (AvgIpc) is 3.58. The highest BCUT2D eigenvalue weighted by atomic mass is 32.2. The highest BCUT2D eigenvalue weighted by Crippen LogP contribution is 2.38. The number of ketones is 1. The third-order valence-corrected chi connectivity index (χ3v) is 8.57. The number of Topliss-reactive ketones (excluding diaryl/α,β-unsaturated/α-hetero) is 1. The Balaban J connectivity index is 1.33. The molecule has 0 unspecified atom stereocenters. The van der Waals surface area contributed by atoms with Gasteiger partial charge in [0.25, 0.3) is 5.91 Å². The topological polar surface area (TPSA) is 128 Å². The Morgan fingerprint density at radius 1 is 1.09 bits per heavy atom. The van der Waals surface area contributed by atoms with Gasteiger partial charge < -0.3 is 14.8 Å². The van der Waals surface area contributed by atoms with E-state index in [-0.39, 0.29) is 22.5 Å². The van der Waals surface area contributed by atoms with Crippen LogP contribution in [0, 0.1) is 0 Å². The molecule has 1 N–H and O–H groups in total. The van der Waals surface area contributed by atoms with Gasteiger partial charge in [-0.05, 0) is 44.0 Å². The predicted octanol–water partition coefficient (Wildman–Crippen LogP) is 3.25. The molecule has 3 aromatic rings. The summed E-state index contributed by atoms with van der Waals surface area (Å²) in [6.07, 6.45) is 1.23. The van der Waals surface area contributed by atoms with Crippen LogP contribution in [0.4, 0.5) is 5.69 Å². The lowest BCUT2D eigenvalue weighted by Crippen LogP contribution is -2.30. The van der Waals surface area contributed by atoms with Gasteiger partial charge in [-0.1, -0.05) is 23.5 Å². The number of sulfonamides is 1. The summed E-state index contributed by atoms with van der Waals surface area (Å²) in [7, 11) is -3.81. The van der Waals surface area contributed by atoms with Crippen LogP contribution in [0.2, 0.25) is 0 Å². The number of hydrogen-bond donors (Lipinski definition) is 1. The van der Waals surface area contributed by atoms with Crippen molar-refractivity contribution in [3.63, 3.8) is 0 Å². The van der Waals surface area contributed by atoms with Crippen LogP contribution >= 0.6 is 11.3 Å². The maximum absolute atomic E-state index is 13.3. The highest BCUT2D eigenvalue weighted by Gasteiger charge is 2.38. The van der Waals surface area contributed by atoms with Crippen LogP contribution in [-0.4, -0.2) is 47.9 Å². The van der Waals surface area contributed by atoms with E-state index in [0.29, 0.717) is 47.1 Å². The van der Waals surface area contributed by atoms with Crippen LogP contribution in [0.3, 0.4) is 0 Å². The lowest BCUT2D eigenvalue weighted by atomic mass is 10.2. The molecule has 0 radical (unpaired) electrons. The predicted molar refractivity (Wildman–Crippen MR) is 123 cm³/mol. The minimum atomic E-state index is -3.81. The van der Waals surface area contributed by atoms with Crippen molar-refractivity contribution in [2.24, 2.45) is 0 Å². The molecule has 3 heterocycles. The van der Waals surface area contributed by atoms with Gasteiger partial charge in [0.05, 0.1) is 10.9 Å². The molecule has 0 aliphatic carbocycles. The first-order chi connectivity index (χ1) is 16.3. The first-order valence-electron chi connectivity index (χ1n) is 10.5. The SMILES string of the molecule is CC(=O)c1ccc(S(=O)(=O)N2CCC[C@@H]2c2nnc(C(=O)Nc3ccc4c(c3)OCO4)s2)cc1. The Labute approximate surface area is 199 Å². The maximum atomic E-state index is 13.3. The van der Waals surface area contributed by atoms with Crippen LogP contribution in [0.1, 0.15) is 51.0 Å². The molecule has 34 heavy (non-hydrogen) atoms. The summed E-state index contributed by atoms with van der Waals surface area (Å²) in [5.74, 6) is 0.562. The molecule has 0 saturated carbocycles. The standard InChI is InChI=1S/C22H20N4O6S2/c1-13(27)14-4-7-16(8-5-14)34(29,30)26-10-2-3-17(26)21-24-25-22(33-21)20(28)23-15-6-9-18-19(11-15)32-12-31-18/h4-9,11,17H,2-3,10,12H2,1H3,(H,23,28)/t17-/m1/s1. The molecule has 176 valence electrons. The summed E-state index contributed by atoms with van der Waals surface area (Å²) < 4.78 is 38.5. The number of rotatable bonds is 6. The monoisotopic (exact) mass is 500 g/mol. The molecular weight excluding hydrogens is 480 g/mol. The van der Waals surface area contributed by atoms with E-state index < -0.39 is 22.0 Å². The minimum absolute atomic E-state index is 0.106. The molecule has 2 aromatic carbocycles. The number of ether oxygens (including phenoxy) is 2. The van der Waals surface area contributed by atoms with Crippen molar-refractivity contribution < 1.29 is 27.5 Å². The highest BCUT2D eigenvalue weighted by molar-refractivity contribution is 7.89. The van der Waals surface area contributed by atoms with Gasteiger partial charge >= 0.3 is 0 Å². The lowest BCUT2D eigenvalue weighted by molar-refractivity contribution is 0.101. The Kier molecular flexibility index (Phi) is 5.80. The van der Waals surface area contributed by atoms with E-state index in [4.69, 9.17) is 9.47 Å². The zero-order valence-electron chi connectivity index (χ0n) is 18.1. The Morgan fingerprint density at radius 3 is 2.62 bits per heavy atom. The number of fused-ring (bicyclic) bond motifs is 1. The van der Waals surface area contributed by atoms with E-state index in [2.05, 4.69) is 15.5 Å². The van der Waals surface area contributed by atoms with Gasteiger partial charge in [0.15, 0.2) is 17.3 Å². The van der Waals surface area contributed by atoms with Gasteiger partial charge in [0.1, 0.15) is 5.01 Å². The molecule has 1 atom stereocenters. The third-order valence-electron chi connectivity index (χ3n) is 5.62. The fraction of sp³-hybridized carbons (Fsp3) is 0.273. The number of benzene rings is 2. The number of nitrogens with zero attached hydrogens (tertiary/aromatic N) is 3. The zero-order chi connectivity index (χ0) is 23.9. The number of nitrogens with one attached hydrogen (secondary N) is 1. The molecule has 0 spiro atoms. The molecule has 10 nitrogen and oxygen atoms in total. The van der Waals surface area contributed by atoms with Crippen molar-refractivity contribution in [3.8, 4) is 11.5 Å².